The quantitative estimate of drug-likeness (QED) is 0.681. The molecule has 0 saturated carbocycles. The van der Waals surface area contributed by atoms with Gasteiger partial charge in [0.15, 0.2) is 5.01 Å². The summed E-state index contributed by atoms with van der Waals surface area (Å²) in [6.07, 6.45) is 6.58. The lowest BCUT2D eigenvalue weighted by atomic mass is 9.79. The van der Waals surface area contributed by atoms with E-state index in [9.17, 15) is 5.11 Å². The summed E-state index contributed by atoms with van der Waals surface area (Å²) in [5, 5.41) is 28.3. The van der Waals surface area contributed by atoms with E-state index < -0.39 is 0 Å². The summed E-state index contributed by atoms with van der Waals surface area (Å²) < 4.78 is 7.93. The molecule has 0 spiro atoms. The number of benzene rings is 1. The average molecular weight is 412 g/mol. The topological polar surface area (TPSA) is 85.1 Å². The Balaban J connectivity index is 1.31. The summed E-state index contributed by atoms with van der Waals surface area (Å²) in [4.78, 5) is 0. The van der Waals surface area contributed by atoms with Gasteiger partial charge < -0.3 is 15.2 Å². The first kappa shape index (κ1) is 18.6. The number of piperidine rings is 2. The molecule has 2 aromatic heterocycles. The van der Waals surface area contributed by atoms with Gasteiger partial charge in [-0.25, -0.2) is 4.68 Å². The molecule has 0 amide bonds. The van der Waals surface area contributed by atoms with Crippen LogP contribution >= 0.6 is 11.3 Å². The number of hydrogen-bond acceptors (Lipinski definition) is 7. The Bertz CT molecular complexity index is 1020. The fraction of sp³-hybridized carbons (Fsp3) is 0.476. The highest BCUT2D eigenvalue weighted by molar-refractivity contribution is 7.16. The van der Waals surface area contributed by atoms with Crippen LogP contribution in [-0.4, -0.2) is 43.3 Å². The van der Waals surface area contributed by atoms with Crippen molar-refractivity contribution in [1.29, 1.82) is 0 Å². The van der Waals surface area contributed by atoms with Crippen LogP contribution in [0.5, 0.6) is 10.9 Å². The van der Waals surface area contributed by atoms with E-state index in [0.29, 0.717) is 33.8 Å². The molecule has 5 rings (SSSR count). The third-order valence-corrected chi connectivity index (χ3v) is 6.89. The zero-order valence-electron chi connectivity index (χ0n) is 16.6. The Morgan fingerprint density at radius 3 is 2.90 bits per heavy atom. The lowest BCUT2D eigenvalue weighted by Gasteiger charge is -2.43. The van der Waals surface area contributed by atoms with E-state index >= 15 is 0 Å². The third kappa shape index (κ3) is 3.74. The molecule has 4 unspecified atom stereocenters. The maximum atomic E-state index is 10.5. The van der Waals surface area contributed by atoms with Gasteiger partial charge in [0.1, 0.15) is 11.9 Å². The first-order valence-corrected chi connectivity index (χ1v) is 11.0. The molecule has 1 aromatic carbocycles. The van der Waals surface area contributed by atoms with Crippen molar-refractivity contribution in [2.75, 3.05) is 0 Å². The first-order valence-electron chi connectivity index (χ1n) is 10.2. The predicted octanol–water partition coefficient (Wildman–Crippen LogP) is 3.70. The maximum absolute atomic E-state index is 10.5. The lowest BCUT2D eigenvalue weighted by molar-refractivity contribution is 0.0701. The number of ether oxygens (including phenoxy) is 1. The number of aromatic nitrogens is 4. The Labute approximate surface area is 173 Å². The van der Waals surface area contributed by atoms with Crippen LogP contribution in [0.25, 0.3) is 16.3 Å². The molecule has 152 valence electrons. The molecule has 2 aliphatic heterocycles. The van der Waals surface area contributed by atoms with Crippen molar-refractivity contribution in [1.82, 2.24) is 25.3 Å². The van der Waals surface area contributed by atoms with Crippen molar-refractivity contribution in [3.05, 3.63) is 36.2 Å². The summed E-state index contributed by atoms with van der Waals surface area (Å²) in [5.74, 6) is 0.847. The fourth-order valence-corrected chi connectivity index (χ4v) is 5.20. The van der Waals surface area contributed by atoms with Gasteiger partial charge in [-0.2, -0.15) is 5.10 Å². The van der Waals surface area contributed by atoms with Crippen LogP contribution < -0.4 is 10.1 Å². The Kier molecular flexibility index (Phi) is 4.75. The van der Waals surface area contributed by atoms with Gasteiger partial charge in [-0.05, 0) is 50.3 Å². The molecule has 0 aliphatic carbocycles. The highest BCUT2D eigenvalue weighted by Crippen LogP contribution is 2.37. The van der Waals surface area contributed by atoms with Crippen molar-refractivity contribution in [2.45, 2.75) is 57.7 Å². The molecule has 4 atom stereocenters. The average Bonchev–Trinajstić information content (AvgIpc) is 3.34. The van der Waals surface area contributed by atoms with Crippen LogP contribution in [0.4, 0.5) is 0 Å². The normalized spacial score (nSPS) is 26.4. The minimum absolute atomic E-state index is 0.156. The summed E-state index contributed by atoms with van der Waals surface area (Å²) in [6.45, 7) is 4.25. The van der Waals surface area contributed by atoms with E-state index in [1.165, 1.54) is 24.2 Å². The molecule has 4 heterocycles. The number of rotatable bonds is 4. The van der Waals surface area contributed by atoms with Crippen molar-refractivity contribution >= 4 is 11.3 Å². The smallest absolute Gasteiger partial charge is 0.294 e. The maximum Gasteiger partial charge on any atom is 0.294 e. The molecule has 2 fully saturated rings. The molecule has 0 radical (unpaired) electrons. The Morgan fingerprint density at radius 2 is 2.10 bits per heavy atom. The van der Waals surface area contributed by atoms with Gasteiger partial charge in [-0.15, -0.1) is 5.10 Å². The van der Waals surface area contributed by atoms with Crippen molar-refractivity contribution in [3.63, 3.8) is 0 Å². The number of phenolic OH excluding ortho intramolecular Hbond substituents is 1. The van der Waals surface area contributed by atoms with E-state index in [-0.39, 0.29) is 11.9 Å². The number of aryl methyl sites for hydroxylation is 1. The minimum atomic E-state index is 0.156. The standard InChI is InChI=1S/C21H25N5O2S/c1-12-3-4-14-9-16(11-18(12)22-14)28-21-24-23-20(29-21)17-6-5-15(10-19(17)27)26-8-7-13(2)25-26/h5-8,10,12,14,16,18,22,27H,3-4,9,11H2,1-2H3. The van der Waals surface area contributed by atoms with Crippen LogP contribution in [-0.2, 0) is 0 Å². The zero-order valence-corrected chi connectivity index (χ0v) is 17.4. The summed E-state index contributed by atoms with van der Waals surface area (Å²) in [6, 6.07) is 8.46. The second kappa shape index (κ2) is 7.42. The number of hydrogen-bond donors (Lipinski definition) is 2. The predicted molar refractivity (Wildman–Crippen MR) is 112 cm³/mol. The SMILES string of the molecule is Cc1ccn(-c2ccc(-c3nnc(OC4CC5CCC(C)C(C4)N5)s3)c(O)c2)n1. The van der Waals surface area contributed by atoms with Crippen LogP contribution in [0.1, 0.15) is 38.3 Å². The molecule has 7 nitrogen and oxygen atoms in total. The van der Waals surface area contributed by atoms with E-state index in [1.807, 2.05) is 31.3 Å². The van der Waals surface area contributed by atoms with Crippen LogP contribution in [0.3, 0.4) is 0 Å². The van der Waals surface area contributed by atoms with E-state index in [1.54, 1.807) is 10.7 Å². The molecule has 2 aliphatic rings. The number of aromatic hydroxyl groups is 1. The van der Waals surface area contributed by atoms with Gasteiger partial charge in [0, 0.05) is 30.8 Å². The van der Waals surface area contributed by atoms with Gasteiger partial charge in [0.2, 0.25) is 0 Å². The lowest BCUT2D eigenvalue weighted by Crippen LogP contribution is -2.54. The highest BCUT2D eigenvalue weighted by Gasteiger charge is 2.36. The van der Waals surface area contributed by atoms with Gasteiger partial charge >= 0.3 is 0 Å². The monoisotopic (exact) mass is 411 g/mol. The number of nitrogens with one attached hydrogen (secondary N) is 1. The first-order chi connectivity index (χ1) is 14.0. The van der Waals surface area contributed by atoms with Crippen LogP contribution in [0, 0.1) is 12.8 Å². The molecule has 8 heteroatoms. The third-order valence-electron chi connectivity index (χ3n) is 6.04. The number of phenols is 1. The van der Waals surface area contributed by atoms with Gasteiger partial charge in [-0.1, -0.05) is 23.4 Å². The molecule has 29 heavy (non-hydrogen) atoms. The minimum Gasteiger partial charge on any atom is -0.507 e. The fourth-order valence-electron chi connectivity index (χ4n) is 4.41. The second-order valence-corrected chi connectivity index (χ2v) is 9.15. The molecular formula is C21H25N5O2S. The second-order valence-electron chi connectivity index (χ2n) is 8.21. The molecule has 2 N–H and O–H groups in total. The molecular weight excluding hydrogens is 386 g/mol. The van der Waals surface area contributed by atoms with Crippen LogP contribution in [0.15, 0.2) is 30.5 Å². The summed E-state index contributed by atoms with van der Waals surface area (Å²) in [7, 11) is 0. The number of fused-ring (bicyclic) bond motifs is 2. The van der Waals surface area contributed by atoms with Crippen LogP contribution in [0.2, 0.25) is 0 Å². The molecule has 2 saturated heterocycles. The molecule has 2 bridgehead atoms. The Hall–Kier alpha value is -2.45. The number of nitrogens with zero attached hydrogens (tertiary/aromatic N) is 4. The zero-order chi connectivity index (χ0) is 20.0. The summed E-state index contributed by atoms with van der Waals surface area (Å²) in [5.41, 5.74) is 2.38. The van der Waals surface area contributed by atoms with Gasteiger partial charge in [-0.3, -0.25) is 0 Å². The van der Waals surface area contributed by atoms with E-state index in [0.717, 1.165) is 24.2 Å². The van der Waals surface area contributed by atoms with E-state index in [4.69, 9.17) is 4.74 Å². The van der Waals surface area contributed by atoms with Gasteiger partial charge in [0.05, 0.1) is 16.9 Å². The summed E-state index contributed by atoms with van der Waals surface area (Å²) >= 11 is 1.38. The Morgan fingerprint density at radius 1 is 1.21 bits per heavy atom. The highest BCUT2D eigenvalue weighted by atomic mass is 32.1. The van der Waals surface area contributed by atoms with Gasteiger partial charge in [0.25, 0.3) is 5.19 Å². The van der Waals surface area contributed by atoms with Crippen molar-refractivity contribution in [3.8, 4) is 27.2 Å². The van der Waals surface area contributed by atoms with E-state index in [2.05, 4.69) is 27.5 Å². The largest absolute Gasteiger partial charge is 0.507 e. The van der Waals surface area contributed by atoms with Crippen molar-refractivity contribution in [2.24, 2.45) is 5.92 Å². The van der Waals surface area contributed by atoms with Crippen molar-refractivity contribution < 1.29 is 9.84 Å². The molecule has 3 aromatic rings.